The number of carbonyl (C=O) groups excluding carboxylic acids is 1. The highest BCUT2D eigenvalue weighted by molar-refractivity contribution is 7.09. The van der Waals surface area contributed by atoms with Crippen LogP contribution in [0.1, 0.15) is 22.4 Å². The van der Waals surface area contributed by atoms with Gasteiger partial charge in [0.05, 0.1) is 0 Å². The number of hydrogen-bond donors (Lipinski definition) is 2. The molecule has 1 amide bonds. The zero-order valence-corrected chi connectivity index (χ0v) is 19.0. The predicted molar refractivity (Wildman–Crippen MR) is 124 cm³/mol. The van der Waals surface area contributed by atoms with E-state index >= 15 is 0 Å². The van der Waals surface area contributed by atoms with Crippen molar-refractivity contribution in [2.24, 2.45) is 5.73 Å². The van der Waals surface area contributed by atoms with Gasteiger partial charge in [0.1, 0.15) is 10.7 Å². The van der Waals surface area contributed by atoms with E-state index in [9.17, 15) is 4.79 Å². The molecule has 1 aliphatic heterocycles. The van der Waals surface area contributed by atoms with E-state index in [1.54, 1.807) is 5.38 Å². The Balaban J connectivity index is 0.00000243. The van der Waals surface area contributed by atoms with Gasteiger partial charge >= 0.3 is 0 Å². The SMILES string of the molecule is CC(CNC(=O)c1csc(CN)n1)N1CCN(c2ccccc2)CC1.Cl.Cl.Cl. The average Bonchev–Trinajstić information content (AvgIpc) is 3.16. The summed E-state index contributed by atoms with van der Waals surface area (Å²) in [6.07, 6.45) is 0. The normalized spacial score (nSPS) is 14.9. The zero-order valence-electron chi connectivity index (χ0n) is 15.7. The fraction of sp³-hybridized carbons (Fsp3) is 0.444. The highest BCUT2D eigenvalue weighted by Gasteiger charge is 2.22. The molecule has 1 aromatic carbocycles. The molecule has 10 heteroatoms. The largest absolute Gasteiger partial charge is 0.369 e. The molecule has 3 N–H and O–H groups in total. The van der Waals surface area contributed by atoms with E-state index in [2.05, 4.69) is 51.3 Å². The summed E-state index contributed by atoms with van der Waals surface area (Å²) in [5.74, 6) is -0.120. The Labute approximate surface area is 189 Å². The Kier molecular flexibility index (Phi) is 12.7. The molecule has 0 saturated carbocycles. The van der Waals surface area contributed by atoms with Crippen molar-refractivity contribution >= 4 is 60.2 Å². The van der Waals surface area contributed by atoms with E-state index in [0.717, 1.165) is 31.2 Å². The van der Waals surface area contributed by atoms with Gasteiger partial charge in [-0.25, -0.2) is 4.98 Å². The summed E-state index contributed by atoms with van der Waals surface area (Å²) in [5, 5.41) is 5.54. The van der Waals surface area contributed by atoms with Crippen LogP contribution in [0.2, 0.25) is 0 Å². The number of rotatable bonds is 6. The number of piperazine rings is 1. The van der Waals surface area contributed by atoms with Crippen LogP contribution in [0.15, 0.2) is 35.7 Å². The van der Waals surface area contributed by atoms with Gasteiger partial charge in [0.15, 0.2) is 0 Å². The topological polar surface area (TPSA) is 74.5 Å². The van der Waals surface area contributed by atoms with Crippen LogP contribution < -0.4 is 16.0 Å². The summed E-state index contributed by atoms with van der Waals surface area (Å²) in [7, 11) is 0. The predicted octanol–water partition coefficient (Wildman–Crippen LogP) is 2.81. The maximum atomic E-state index is 12.2. The van der Waals surface area contributed by atoms with Crippen LogP contribution in [0.25, 0.3) is 0 Å². The van der Waals surface area contributed by atoms with Crippen LogP contribution in [-0.2, 0) is 6.54 Å². The Bertz CT molecular complexity index is 696. The number of para-hydroxylation sites is 1. The van der Waals surface area contributed by atoms with Gasteiger partial charge in [-0.1, -0.05) is 18.2 Å². The van der Waals surface area contributed by atoms with Crippen molar-refractivity contribution in [2.45, 2.75) is 19.5 Å². The van der Waals surface area contributed by atoms with Gasteiger partial charge < -0.3 is 16.0 Å². The van der Waals surface area contributed by atoms with E-state index in [0.29, 0.717) is 24.8 Å². The third-order valence-corrected chi connectivity index (χ3v) is 5.45. The number of nitrogens with two attached hydrogens (primary N) is 1. The lowest BCUT2D eigenvalue weighted by Gasteiger charge is -2.39. The van der Waals surface area contributed by atoms with Crippen molar-refractivity contribution in [3.05, 3.63) is 46.4 Å². The van der Waals surface area contributed by atoms with Gasteiger partial charge in [0.2, 0.25) is 0 Å². The molecule has 0 spiro atoms. The van der Waals surface area contributed by atoms with Crippen molar-refractivity contribution in [3.63, 3.8) is 0 Å². The minimum Gasteiger partial charge on any atom is -0.369 e. The van der Waals surface area contributed by atoms with Crippen LogP contribution in [0.3, 0.4) is 0 Å². The lowest BCUT2D eigenvalue weighted by atomic mass is 10.2. The second kappa shape index (κ2) is 13.2. The monoisotopic (exact) mass is 467 g/mol. The first kappa shape index (κ1) is 26.9. The quantitative estimate of drug-likeness (QED) is 0.682. The highest BCUT2D eigenvalue weighted by atomic mass is 35.5. The Hall–Kier alpha value is -1.09. The molecule has 1 aliphatic rings. The molecule has 1 saturated heterocycles. The van der Waals surface area contributed by atoms with Crippen LogP contribution >= 0.6 is 48.6 Å². The van der Waals surface area contributed by atoms with E-state index in [1.807, 2.05) is 6.07 Å². The van der Waals surface area contributed by atoms with Gasteiger partial charge in [-0.3, -0.25) is 9.69 Å². The number of anilines is 1. The second-order valence-corrected chi connectivity index (χ2v) is 7.19. The first-order valence-electron chi connectivity index (χ1n) is 8.64. The second-order valence-electron chi connectivity index (χ2n) is 6.25. The molecule has 1 atom stereocenters. The van der Waals surface area contributed by atoms with Crippen LogP contribution in [0.4, 0.5) is 5.69 Å². The molecule has 0 aliphatic carbocycles. The lowest BCUT2D eigenvalue weighted by molar-refractivity contribution is 0.0930. The first-order valence-corrected chi connectivity index (χ1v) is 9.52. The van der Waals surface area contributed by atoms with E-state index in [-0.39, 0.29) is 43.1 Å². The molecule has 1 fully saturated rings. The summed E-state index contributed by atoms with van der Waals surface area (Å²) in [6, 6.07) is 10.8. The fourth-order valence-electron chi connectivity index (χ4n) is 3.03. The number of amides is 1. The van der Waals surface area contributed by atoms with Crippen LogP contribution in [0.5, 0.6) is 0 Å². The Morgan fingerprint density at radius 3 is 2.39 bits per heavy atom. The molecule has 158 valence electrons. The van der Waals surface area contributed by atoms with Crippen molar-refractivity contribution in [1.82, 2.24) is 15.2 Å². The summed E-state index contributed by atoms with van der Waals surface area (Å²) in [6.45, 7) is 7.17. The van der Waals surface area contributed by atoms with Gasteiger partial charge in [0.25, 0.3) is 5.91 Å². The molecule has 0 radical (unpaired) electrons. The number of benzene rings is 1. The number of carbonyl (C=O) groups is 1. The summed E-state index contributed by atoms with van der Waals surface area (Å²) in [5.41, 5.74) is 7.29. The van der Waals surface area contributed by atoms with Crippen molar-refractivity contribution in [2.75, 3.05) is 37.6 Å². The number of aromatic nitrogens is 1. The maximum absolute atomic E-state index is 12.2. The Morgan fingerprint density at radius 1 is 1.18 bits per heavy atom. The lowest BCUT2D eigenvalue weighted by Crippen LogP contribution is -2.52. The van der Waals surface area contributed by atoms with Crippen molar-refractivity contribution < 1.29 is 4.79 Å². The summed E-state index contributed by atoms with van der Waals surface area (Å²) < 4.78 is 0. The number of thiazole rings is 1. The minimum atomic E-state index is -0.120. The third kappa shape index (κ3) is 7.06. The first-order chi connectivity index (χ1) is 12.2. The molecular formula is C18H28Cl3N5OS. The minimum absolute atomic E-state index is 0. The third-order valence-electron chi connectivity index (χ3n) is 4.58. The molecule has 2 heterocycles. The number of halogens is 3. The van der Waals surface area contributed by atoms with E-state index in [1.165, 1.54) is 17.0 Å². The number of hydrogen-bond acceptors (Lipinski definition) is 6. The van der Waals surface area contributed by atoms with Crippen molar-refractivity contribution in [1.29, 1.82) is 0 Å². The fourth-order valence-corrected chi connectivity index (χ4v) is 3.68. The highest BCUT2D eigenvalue weighted by Crippen LogP contribution is 2.16. The summed E-state index contributed by atoms with van der Waals surface area (Å²) >= 11 is 1.43. The molecule has 0 bridgehead atoms. The zero-order chi connectivity index (χ0) is 17.6. The maximum Gasteiger partial charge on any atom is 0.270 e. The van der Waals surface area contributed by atoms with E-state index in [4.69, 9.17) is 5.73 Å². The van der Waals surface area contributed by atoms with Crippen LogP contribution in [-0.4, -0.2) is 54.6 Å². The summed E-state index contributed by atoms with van der Waals surface area (Å²) in [4.78, 5) is 21.2. The average molecular weight is 469 g/mol. The van der Waals surface area contributed by atoms with Gasteiger partial charge in [-0.05, 0) is 19.1 Å². The number of nitrogens with zero attached hydrogens (tertiary/aromatic N) is 3. The molecule has 3 rings (SSSR count). The standard InChI is InChI=1S/C18H25N5OS.3ClH/c1-14(12-20-18(24)16-13-25-17(11-19)21-16)22-7-9-23(10-8-22)15-5-3-2-4-6-15;;;/h2-6,13-14H,7-12,19H2,1H3,(H,20,24);3*1H. The number of nitrogens with one attached hydrogen (secondary N) is 1. The van der Waals surface area contributed by atoms with Crippen molar-refractivity contribution in [3.8, 4) is 0 Å². The van der Waals surface area contributed by atoms with Gasteiger partial charge in [-0.2, -0.15) is 0 Å². The molecule has 1 aromatic heterocycles. The molecule has 1 unspecified atom stereocenters. The smallest absolute Gasteiger partial charge is 0.270 e. The van der Waals surface area contributed by atoms with Gasteiger partial charge in [-0.15, -0.1) is 48.6 Å². The van der Waals surface area contributed by atoms with Gasteiger partial charge in [0, 0.05) is 56.4 Å². The molecule has 28 heavy (non-hydrogen) atoms. The molecule has 6 nitrogen and oxygen atoms in total. The Morgan fingerprint density at radius 2 is 1.82 bits per heavy atom. The molecule has 2 aromatic rings. The molecular weight excluding hydrogens is 441 g/mol. The van der Waals surface area contributed by atoms with E-state index < -0.39 is 0 Å². The van der Waals surface area contributed by atoms with Crippen LogP contribution in [0, 0.1) is 0 Å².